The molecule has 136 valence electrons. The number of ether oxygens (including phenoxy) is 3. The van der Waals surface area contributed by atoms with Gasteiger partial charge in [-0.05, 0) is 32.6 Å². The van der Waals surface area contributed by atoms with E-state index in [-0.39, 0.29) is 41.6 Å². The highest BCUT2D eigenvalue weighted by atomic mass is 16.6. The van der Waals surface area contributed by atoms with Crippen LogP contribution in [-0.2, 0) is 23.8 Å². The zero-order chi connectivity index (χ0) is 18.1. The van der Waals surface area contributed by atoms with Gasteiger partial charge in [0.05, 0.1) is 5.60 Å². The van der Waals surface area contributed by atoms with Crippen LogP contribution in [0, 0.1) is 11.8 Å². The maximum atomic E-state index is 11.7. The molecule has 0 aromatic carbocycles. The molecule has 1 aliphatic carbocycles. The zero-order valence-electron chi connectivity index (χ0n) is 15.6. The lowest BCUT2D eigenvalue weighted by atomic mass is 9.78. The number of epoxide rings is 1. The number of carbonyl (C=O) groups excluding carboxylic acids is 2. The molecule has 1 saturated heterocycles. The lowest BCUT2D eigenvalue weighted by molar-refractivity contribution is -0.163. The summed E-state index contributed by atoms with van der Waals surface area (Å²) in [4.78, 5) is 23.3. The van der Waals surface area contributed by atoms with Crippen molar-refractivity contribution in [3.63, 3.8) is 0 Å². The van der Waals surface area contributed by atoms with Gasteiger partial charge in [-0.25, -0.2) is 0 Å². The number of hydrogen-bond donors (Lipinski definition) is 0. The molecule has 0 spiro atoms. The SMILES string of the molecule is CC(=O)OC1[C@H](C(C)C)[C@@H](OC(C)=O)C/C(C)=C/CC[C@]2(C)O[C@@H]12. The van der Waals surface area contributed by atoms with Gasteiger partial charge in [-0.3, -0.25) is 9.59 Å². The van der Waals surface area contributed by atoms with Gasteiger partial charge >= 0.3 is 11.9 Å². The van der Waals surface area contributed by atoms with Gasteiger partial charge in [-0.2, -0.15) is 0 Å². The first-order chi connectivity index (χ1) is 11.1. The first-order valence-electron chi connectivity index (χ1n) is 8.82. The second kappa shape index (κ2) is 7.26. The van der Waals surface area contributed by atoms with Gasteiger partial charge in [0, 0.05) is 26.2 Å². The van der Waals surface area contributed by atoms with Crippen molar-refractivity contribution in [1.82, 2.24) is 0 Å². The average Bonchev–Trinajstić information content (AvgIpc) is 3.07. The molecule has 2 aliphatic rings. The van der Waals surface area contributed by atoms with Crippen molar-refractivity contribution in [3.05, 3.63) is 11.6 Å². The number of rotatable bonds is 3. The highest BCUT2D eigenvalue weighted by Crippen LogP contribution is 2.48. The van der Waals surface area contributed by atoms with E-state index in [1.807, 2.05) is 0 Å². The molecule has 0 bridgehead atoms. The van der Waals surface area contributed by atoms with E-state index in [9.17, 15) is 9.59 Å². The molecule has 1 aliphatic heterocycles. The third-order valence-electron chi connectivity index (χ3n) is 5.09. The van der Waals surface area contributed by atoms with E-state index in [2.05, 4.69) is 33.8 Å². The number of hydrogen-bond acceptors (Lipinski definition) is 5. The monoisotopic (exact) mass is 338 g/mol. The van der Waals surface area contributed by atoms with Crippen LogP contribution in [0.3, 0.4) is 0 Å². The molecule has 0 radical (unpaired) electrons. The third-order valence-corrected chi connectivity index (χ3v) is 5.09. The lowest BCUT2D eigenvalue weighted by Gasteiger charge is -2.36. The molecular weight excluding hydrogens is 308 g/mol. The molecule has 2 rings (SSSR count). The third kappa shape index (κ3) is 4.38. The zero-order valence-corrected chi connectivity index (χ0v) is 15.6. The molecule has 5 nitrogen and oxygen atoms in total. The van der Waals surface area contributed by atoms with Gasteiger partial charge in [0.15, 0.2) is 0 Å². The van der Waals surface area contributed by atoms with Crippen LogP contribution < -0.4 is 0 Å². The molecule has 5 atom stereocenters. The quantitative estimate of drug-likeness (QED) is 0.448. The topological polar surface area (TPSA) is 65.1 Å². The predicted octanol–water partition coefficient (Wildman–Crippen LogP) is 3.41. The van der Waals surface area contributed by atoms with Crippen LogP contribution >= 0.6 is 0 Å². The smallest absolute Gasteiger partial charge is 0.303 e. The second-order valence-electron chi connectivity index (χ2n) is 7.69. The Morgan fingerprint density at radius 1 is 1.25 bits per heavy atom. The second-order valence-corrected chi connectivity index (χ2v) is 7.69. The van der Waals surface area contributed by atoms with Crippen molar-refractivity contribution in [3.8, 4) is 0 Å². The van der Waals surface area contributed by atoms with E-state index in [0.29, 0.717) is 6.42 Å². The average molecular weight is 338 g/mol. The van der Waals surface area contributed by atoms with Gasteiger partial charge in [0.1, 0.15) is 18.3 Å². The van der Waals surface area contributed by atoms with E-state index in [4.69, 9.17) is 14.2 Å². The van der Waals surface area contributed by atoms with Crippen LogP contribution in [-0.4, -0.2) is 35.9 Å². The van der Waals surface area contributed by atoms with Crippen LogP contribution in [0.5, 0.6) is 0 Å². The first-order valence-corrected chi connectivity index (χ1v) is 8.82. The van der Waals surface area contributed by atoms with E-state index in [1.54, 1.807) is 0 Å². The summed E-state index contributed by atoms with van der Waals surface area (Å²) < 4.78 is 17.3. The van der Waals surface area contributed by atoms with Gasteiger partial charge in [-0.15, -0.1) is 0 Å². The Balaban J connectivity index is 2.40. The molecule has 1 heterocycles. The van der Waals surface area contributed by atoms with Crippen LogP contribution in [0.2, 0.25) is 0 Å². The summed E-state index contributed by atoms with van der Waals surface area (Å²) >= 11 is 0. The minimum absolute atomic E-state index is 0.105. The Hall–Kier alpha value is -1.36. The molecule has 0 aromatic heterocycles. The normalized spacial score (nSPS) is 38.5. The van der Waals surface area contributed by atoms with Gasteiger partial charge in [-0.1, -0.05) is 25.5 Å². The maximum Gasteiger partial charge on any atom is 0.303 e. The van der Waals surface area contributed by atoms with E-state index in [1.165, 1.54) is 19.4 Å². The van der Waals surface area contributed by atoms with Crippen LogP contribution in [0.4, 0.5) is 0 Å². The first kappa shape index (κ1) is 19.0. The summed E-state index contributed by atoms with van der Waals surface area (Å²) in [6.45, 7) is 11.1. The number of allylic oxidation sites excluding steroid dienone is 1. The predicted molar refractivity (Wildman–Crippen MR) is 90.3 cm³/mol. The van der Waals surface area contributed by atoms with Crippen molar-refractivity contribution in [2.45, 2.75) is 84.7 Å². The summed E-state index contributed by atoms with van der Waals surface area (Å²) in [7, 11) is 0. The fourth-order valence-corrected chi connectivity index (χ4v) is 3.90. The van der Waals surface area contributed by atoms with Crippen LogP contribution in [0.25, 0.3) is 0 Å². The van der Waals surface area contributed by atoms with Crippen LogP contribution in [0.15, 0.2) is 11.6 Å². The summed E-state index contributed by atoms with van der Waals surface area (Å²) in [5.74, 6) is -0.559. The summed E-state index contributed by atoms with van der Waals surface area (Å²) in [6, 6.07) is 0. The molecule has 24 heavy (non-hydrogen) atoms. The minimum Gasteiger partial charge on any atom is -0.462 e. The standard InChI is InChI=1S/C19H30O5/c1-11(2)16-15(22-13(4)20)10-12(3)8-7-9-19(6)18(24-19)17(16)23-14(5)21/h8,11,15-18H,7,9-10H2,1-6H3/b12-8+/t15-,16+,17?,18-,19-/m0/s1. The highest BCUT2D eigenvalue weighted by molar-refractivity contribution is 5.67. The highest BCUT2D eigenvalue weighted by Gasteiger charge is 2.60. The largest absolute Gasteiger partial charge is 0.462 e. The van der Waals surface area contributed by atoms with Crippen molar-refractivity contribution < 1.29 is 23.8 Å². The Bertz CT molecular complexity index is 524. The summed E-state index contributed by atoms with van der Waals surface area (Å²) in [6.07, 6.45) is 3.80. The Morgan fingerprint density at radius 3 is 2.42 bits per heavy atom. The molecule has 0 N–H and O–H groups in total. The van der Waals surface area contributed by atoms with Crippen molar-refractivity contribution in [1.29, 1.82) is 0 Å². The lowest BCUT2D eigenvalue weighted by Crippen LogP contribution is -2.45. The summed E-state index contributed by atoms with van der Waals surface area (Å²) in [5.41, 5.74) is 0.915. The Kier molecular flexibility index (Phi) is 5.74. The fourth-order valence-electron chi connectivity index (χ4n) is 3.90. The number of carbonyl (C=O) groups is 2. The minimum atomic E-state index is -0.400. The molecule has 0 saturated carbocycles. The summed E-state index contributed by atoms with van der Waals surface area (Å²) in [5, 5.41) is 0. The van der Waals surface area contributed by atoms with Crippen LogP contribution in [0.1, 0.15) is 60.8 Å². The van der Waals surface area contributed by atoms with E-state index in [0.717, 1.165) is 12.8 Å². The molecule has 1 fully saturated rings. The Labute approximate surface area is 144 Å². The molecule has 0 aromatic rings. The molecule has 1 unspecified atom stereocenters. The Morgan fingerprint density at radius 2 is 1.88 bits per heavy atom. The fraction of sp³-hybridized carbons (Fsp3) is 0.789. The number of esters is 2. The van der Waals surface area contributed by atoms with Crippen molar-refractivity contribution in [2.24, 2.45) is 11.8 Å². The van der Waals surface area contributed by atoms with Gasteiger partial charge in [0.2, 0.25) is 0 Å². The van der Waals surface area contributed by atoms with E-state index < -0.39 is 6.10 Å². The van der Waals surface area contributed by atoms with Gasteiger partial charge in [0.25, 0.3) is 0 Å². The van der Waals surface area contributed by atoms with Gasteiger partial charge < -0.3 is 14.2 Å². The maximum absolute atomic E-state index is 11.7. The molecule has 5 heteroatoms. The number of fused-ring (bicyclic) bond motifs is 1. The molecular formula is C19H30O5. The van der Waals surface area contributed by atoms with Crippen molar-refractivity contribution in [2.75, 3.05) is 0 Å². The molecule has 0 amide bonds. The van der Waals surface area contributed by atoms with E-state index >= 15 is 0 Å². The van der Waals surface area contributed by atoms with Crippen molar-refractivity contribution >= 4 is 11.9 Å².